The lowest BCUT2D eigenvalue weighted by molar-refractivity contribution is -0.141. The van der Waals surface area contributed by atoms with Crippen LogP contribution < -0.4 is 0 Å². The molecule has 0 N–H and O–H groups in total. The number of aromatic nitrogens is 2. The first-order valence-electron chi connectivity index (χ1n) is 5.47. The molecule has 0 amide bonds. The molecule has 0 unspecified atom stereocenters. The van der Waals surface area contributed by atoms with Crippen molar-refractivity contribution in [2.24, 2.45) is 0 Å². The van der Waals surface area contributed by atoms with Crippen molar-refractivity contribution in [2.45, 2.75) is 13.5 Å². The quantitative estimate of drug-likeness (QED) is 0.755. The van der Waals surface area contributed by atoms with E-state index in [4.69, 9.17) is 4.74 Å². The Balaban J connectivity index is 2.10. The molecule has 88 valence electrons. The van der Waals surface area contributed by atoms with Gasteiger partial charge in [0.15, 0.2) is 0 Å². The lowest BCUT2D eigenvalue weighted by Gasteiger charge is -2.07. The van der Waals surface area contributed by atoms with Crippen molar-refractivity contribution < 1.29 is 9.53 Å². The summed E-state index contributed by atoms with van der Waals surface area (Å²) in [5, 5.41) is 0. The topological polar surface area (TPSA) is 44.1 Å². The standard InChI is InChI=1S/C13H14N2O2/c1-11(16)17-10-9-15-8-7-14-13(15)12-5-3-2-4-6-12/h2-8H,9-10H2,1H3. The van der Waals surface area contributed by atoms with E-state index >= 15 is 0 Å². The molecule has 0 saturated heterocycles. The smallest absolute Gasteiger partial charge is 0.302 e. The van der Waals surface area contributed by atoms with E-state index in [9.17, 15) is 4.79 Å². The minimum atomic E-state index is -0.258. The SMILES string of the molecule is CC(=O)OCCn1ccnc1-c1ccccc1. The zero-order valence-corrected chi connectivity index (χ0v) is 9.67. The first kappa shape index (κ1) is 11.4. The molecule has 4 heteroatoms. The highest BCUT2D eigenvalue weighted by Crippen LogP contribution is 2.16. The zero-order valence-electron chi connectivity index (χ0n) is 9.67. The van der Waals surface area contributed by atoms with Gasteiger partial charge >= 0.3 is 5.97 Å². The van der Waals surface area contributed by atoms with Crippen LogP contribution in [-0.4, -0.2) is 22.1 Å². The molecular formula is C13H14N2O2. The molecule has 4 nitrogen and oxygen atoms in total. The number of imidazole rings is 1. The van der Waals surface area contributed by atoms with Gasteiger partial charge in [0.05, 0.1) is 6.54 Å². The van der Waals surface area contributed by atoms with Gasteiger partial charge in [-0.05, 0) is 0 Å². The molecule has 0 aliphatic carbocycles. The average Bonchev–Trinajstić information content (AvgIpc) is 2.78. The summed E-state index contributed by atoms with van der Waals surface area (Å²) in [6.45, 7) is 2.39. The van der Waals surface area contributed by atoms with Crippen molar-refractivity contribution in [1.29, 1.82) is 0 Å². The van der Waals surface area contributed by atoms with Crippen LogP contribution >= 0.6 is 0 Å². The number of nitrogens with zero attached hydrogens (tertiary/aromatic N) is 2. The number of hydrogen-bond donors (Lipinski definition) is 0. The highest BCUT2D eigenvalue weighted by atomic mass is 16.5. The Hall–Kier alpha value is -2.10. The van der Waals surface area contributed by atoms with Crippen LogP contribution in [0.3, 0.4) is 0 Å². The van der Waals surface area contributed by atoms with Gasteiger partial charge in [-0.1, -0.05) is 30.3 Å². The summed E-state index contributed by atoms with van der Waals surface area (Å²) in [7, 11) is 0. The van der Waals surface area contributed by atoms with Crippen LogP contribution in [0, 0.1) is 0 Å². The van der Waals surface area contributed by atoms with Crippen molar-refractivity contribution in [3.8, 4) is 11.4 Å². The maximum Gasteiger partial charge on any atom is 0.302 e. The molecule has 2 aromatic rings. The van der Waals surface area contributed by atoms with E-state index in [1.165, 1.54) is 6.92 Å². The summed E-state index contributed by atoms with van der Waals surface area (Å²) >= 11 is 0. The molecule has 0 aliphatic rings. The van der Waals surface area contributed by atoms with Gasteiger partial charge in [0.25, 0.3) is 0 Å². The van der Waals surface area contributed by atoms with Gasteiger partial charge in [-0.25, -0.2) is 4.98 Å². The molecule has 2 rings (SSSR count). The van der Waals surface area contributed by atoms with Gasteiger partial charge in [-0.15, -0.1) is 0 Å². The number of ether oxygens (including phenoxy) is 1. The van der Waals surface area contributed by atoms with Crippen molar-refractivity contribution >= 4 is 5.97 Å². The minimum absolute atomic E-state index is 0.258. The molecule has 0 bridgehead atoms. The number of benzene rings is 1. The van der Waals surface area contributed by atoms with Gasteiger partial charge in [0.1, 0.15) is 12.4 Å². The molecule has 1 aromatic carbocycles. The zero-order chi connectivity index (χ0) is 12.1. The van der Waals surface area contributed by atoms with E-state index in [0.29, 0.717) is 13.2 Å². The number of esters is 1. The largest absolute Gasteiger partial charge is 0.464 e. The van der Waals surface area contributed by atoms with E-state index < -0.39 is 0 Å². The molecule has 0 fully saturated rings. The Morgan fingerprint density at radius 2 is 2.12 bits per heavy atom. The van der Waals surface area contributed by atoms with Crippen molar-refractivity contribution in [3.63, 3.8) is 0 Å². The summed E-state index contributed by atoms with van der Waals surface area (Å²) in [4.78, 5) is 15.0. The summed E-state index contributed by atoms with van der Waals surface area (Å²) in [6.07, 6.45) is 3.63. The molecule has 0 spiro atoms. The van der Waals surface area contributed by atoms with Crippen LogP contribution in [0.2, 0.25) is 0 Å². The summed E-state index contributed by atoms with van der Waals surface area (Å²) < 4.78 is 6.89. The fraction of sp³-hybridized carbons (Fsp3) is 0.231. The van der Waals surface area contributed by atoms with E-state index in [2.05, 4.69) is 4.98 Å². The van der Waals surface area contributed by atoms with Crippen LogP contribution in [0.5, 0.6) is 0 Å². The summed E-state index contributed by atoms with van der Waals surface area (Å²) in [5.41, 5.74) is 1.06. The molecule has 0 saturated carbocycles. The third kappa shape index (κ3) is 2.93. The molecular weight excluding hydrogens is 216 g/mol. The van der Waals surface area contributed by atoms with Gasteiger partial charge in [-0.3, -0.25) is 4.79 Å². The van der Waals surface area contributed by atoms with Crippen LogP contribution in [0.15, 0.2) is 42.7 Å². The molecule has 0 aliphatic heterocycles. The maximum atomic E-state index is 10.7. The minimum Gasteiger partial charge on any atom is -0.464 e. The first-order valence-corrected chi connectivity index (χ1v) is 5.47. The highest BCUT2D eigenvalue weighted by Gasteiger charge is 2.05. The molecule has 0 atom stereocenters. The van der Waals surface area contributed by atoms with Crippen LogP contribution in [0.25, 0.3) is 11.4 Å². The van der Waals surface area contributed by atoms with E-state index in [-0.39, 0.29) is 5.97 Å². The third-order valence-electron chi connectivity index (χ3n) is 2.38. The maximum absolute atomic E-state index is 10.7. The van der Waals surface area contributed by atoms with Gasteiger partial charge in [-0.2, -0.15) is 0 Å². The third-order valence-corrected chi connectivity index (χ3v) is 2.38. The van der Waals surface area contributed by atoms with Gasteiger partial charge in [0.2, 0.25) is 0 Å². The molecule has 1 aromatic heterocycles. The van der Waals surface area contributed by atoms with E-state index in [1.807, 2.05) is 41.1 Å². The summed E-state index contributed by atoms with van der Waals surface area (Å²) in [5.74, 6) is 0.629. The second-order valence-electron chi connectivity index (χ2n) is 3.65. The van der Waals surface area contributed by atoms with Crippen LogP contribution in [0.1, 0.15) is 6.92 Å². The number of carbonyl (C=O) groups excluding carboxylic acids is 1. The normalized spacial score (nSPS) is 10.2. The Labute approximate surface area is 99.9 Å². The Morgan fingerprint density at radius 1 is 1.35 bits per heavy atom. The summed E-state index contributed by atoms with van der Waals surface area (Å²) in [6, 6.07) is 9.92. The molecule has 1 heterocycles. The fourth-order valence-electron chi connectivity index (χ4n) is 1.62. The van der Waals surface area contributed by atoms with Crippen molar-refractivity contribution in [1.82, 2.24) is 9.55 Å². The van der Waals surface area contributed by atoms with Crippen LogP contribution in [0.4, 0.5) is 0 Å². The number of carbonyl (C=O) groups is 1. The van der Waals surface area contributed by atoms with Crippen molar-refractivity contribution in [2.75, 3.05) is 6.61 Å². The molecule has 0 radical (unpaired) electrons. The average molecular weight is 230 g/mol. The lowest BCUT2D eigenvalue weighted by Crippen LogP contribution is -2.09. The first-order chi connectivity index (χ1) is 8.27. The van der Waals surface area contributed by atoms with Gasteiger partial charge < -0.3 is 9.30 Å². The van der Waals surface area contributed by atoms with Crippen LogP contribution in [-0.2, 0) is 16.1 Å². The number of rotatable bonds is 4. The molecule has 17 heavy (non-hydrogen) atoms. The predicted molar refractivity (Wildman–Crippen MR) is 64.3 cm³/mol. The monoisotopic (exact) mass is 230 g/mol. The Bertz CT molecular complexity index is 491. The highest BCUT2D eigenvalue weighted by molar-refractivity contribution is 5.65. The second kappa shape index (κ2) is 5.30. The van der Waals surface area contributed by atoms with Gasteiger partial charge in [0, 0.05) is 24.9 Å². The van der Waals surface area contributed by atoms with E-state index in [1.54, 1.807) is 6.20 Å². The fourth-order valence-corrected chi connectivity index (χ4v) is 1.62. The predicted octanol–water partition coefficient (Wildman–Crippen LogP) is 2.11. The lowest BCUT2D eigenvalue weighted by atomic mass is 10.2. The Morgan fingerprint density at radius 3 is 2.82 bits per heavy atom. The Kier molecular flexibility index (Phi) is 3.55. The second-order valence-corrected chi connectivity index (χ2v) is 3.65. The van der Waals surface area contributed by atoms with E-state index in [0.717, 1.165) is 11.4 Å². The number of hydrogen-bond acceptors (Lipinski definition) is 3. The van der Waals surface area contributed by atoms with Crippen molar-refractivity contribution in [3.05, 3.63) is 42.7 Å².